The number of methoxy groups -OCH3 is 1. The molecular weight excluding hydrogens is 903 g/mol. The Morgan fingerprint density at radius 2 is 1.36 bits per heavy atom. The van der Waals surface area contributed by atoms with Gasteiger partial charge in [0.25, 0.3) is 0 Å². The Balaban J connectivity index is 0.991. The molecule has 0 aliphatic heterocycles. The third-order valence-corrected chi connectivity index (χ3v) is 17.5. The Labute approximate surface area is 425 Å². The van der Waals surface area contributed by atoms with E-state index in [1.807, 2.05) is 72.8 Å². The van der Waals surface area contributed by atoms with Crippen LogP contribution < -0.4 is 4.74 Å². The van der Waals surface area contributed by atoms with Gasteiger partial charge in [-0.25, -0.2) is 9.59 Å². The molecule has 6 unspecified atom stereocenters. The lowest BCUT2D eigenvalue weighted by Gasteiger charge is -2.62. The number of nitriles is 1. The van der Waals surface area contributed by atoms with Crippen LogP contribution >= 0.6 is 0 Å². The number of esters is 3. The number of aliphatic hydroxyl groups is 1. The van der Waals surface area contributed by atoms with Gasteiger partial charge in [-0.2, -0.15) is 5.26 Å². The van der Waals surface area contributed by atoms with Crippen molar-refractivity contribution >= 4 is 35.0 Å². The molecule has 0 bridgehead atoms. The molecular formula is C62H71NO9. The van der Waals surface area contributed by atoms with E-state index in [1.165, 1.54) is 13.2 Å². The van der Waals surface area contributed by atoms with Gasteiger partial charge in [0.1, 0.15) is 35.4 Å². The Morgan fingerprint density at radius 3 is 1.97 bits per heavy atom. The van der Waals surface area contributed by atoms with Crippen molar-refractivity contribution < 1.29 is 43.2 Å². The summed E-state index contributed by atoms with van der Waals surface area (Å²) in [6.45, 7) is 13.1. The number of fused-ring (bicyclic) bond motifs is 5. The minimum atomic E-state index is -0.636. The molecule has 10 heteroatoms. The number of nitrogens with zero attached hydrogens (tertiary/aromatic N) is 1. The number of carbonyl (C=O) groups excluding carboxylic acids is 4. The second-order valence-corrected chi connectivity index (χ2v) is 22.5. The highest BCUT2D eigenvalue weighted by Gasteiger charge is 2.64. The molecule has 4 fully saturated rings. The first-order chi connectivity index (χ1) is 34.4. The van der Waals surface area contributed by atoms with Crippen molar-refractivity contribution in [3.05, 3.63) is 149 Å². The van der Waals surface area contributed by atoms with E-state index < -0.39 is 24.1 Å². The zero-order valence-electron chi connectivity index (χ0n) is 43.0. The standard InChI is InChI=1S/C62H71NO9/c1-39(18-29-55(66)69-7)49-27-28-50-58-51(31-33-62(49,50)6)61(5)32-30-47(71-59(68)48(37-63)57(42-14-10-8-11-15-42)43-16-12-9-13-17-43)34-45(61)35-54(58)72-56(67)38-70-46-25-21-41(22-26-46)53(65)36-52(64)40-19-23-44(24-20-40)60(2,3)4/h8-17,19-26,36,39,45,47,49-51,54,58,64H,18,27-35,38H2,1-7H3/b52-36-/t39?,45-,47?,49?,50-,51?,54-,58+,61?,62?/m0/s1. The lowest BCUT2D eigenvalue weighted by atomic mass is 9.43. The molecule has 4 aromatic rings. The van der Waals surface area contributed by atoms with E-state index in [4.69, 9.17) is 18.9 Å². The molecule has 10 atom stereocenters. The second kappa shape index (κ2) is 21.7. The predicted octanol–water partition coefficient (Wildman–Crippen LogP) is 12.9. The van der Waals surface area contributed by atoms with Crippen molar-refractivity contribution in [2.75, 3.05) is 13.7 Å². The van der Waals surface area contributed by atoms with E-state index in [2.05, 4.69) is 47.6 Å². The molecule has 72 heavy (non-hydrogen) atoms. The van der Waals surface area contributed by atoms with Crippen molar-refractivity contribution in [3.8, 4) is 11.8 Å². The number of benzene rings is 4. The van der Waals surface area contributed by atoms with E-state index >= 15 is 0 Å². The van der Waals surface area contributed by atoms with Crippen LogP contribution in [0.4, 0.5) is 0 Å². The molecule has 4 aliphatic rings. The van der Waals surface area contributed by atoms with Gasteiger partial charge >= 0.3 is 17.9 Å². The summed E-state index contributed by atoms with van der Waals surface area (Å²) < 4.78 is 24.0. The fourth-order valence-electron chi connectivity index (χ4n) is 13.6. The first kappa shape index (κ1) is 51.9. The average molecular weight is 974 g/mol. The molecule has 4 saturated carbocycles. The van der Waals surface area contributed by atoms with Gasteiger partial charge in [-0.1, -0.05) is 126 Å². The van der Waals surface area contributed by atoms with Crippen LogP contribution in [0.1, 0.15) is 138 Å². The number of hydrogen-bond acceptors (Lipinski definition) is 10. The maximum atomic E-state index is 14.2. The van der Waals surface area contributed by atoms with Crippen LogP contribution in [0.2, 0.25) is 0 Å². The van der Waals surface area contributed by atoms with Crippen LogP contribution in [0.3, 0.4) is 0 Å². The molecule has 0 saturated heterocycles. The molecule has 8 rings (SSSR count). The molecule has 4 aromatic carbocycles. The van der Waals surface area contributed by atoms with Crippen LogP contribution in [-0.4, -0.2) is 54.7 Å². The van der Waals surface area contributed by atoms with Gasteiger partial charge in [-0.05, 0) is 145 Å². The van der Waals surface area contributed by atoms with Gasteiger partial charge in [0.15, 0.2) is 12.4 Å². The normalized spacial score (nSPS) is 27.1. The molecule has 0 heterocycles. The maximum absolute atomic E-state index is 14.2. The third kappa shape index (κ3) is 11.0. The predicted molar refractivity (Wildman–Crippen MR) is 277 cm³/mol. The zero-order valence-corrected chi connectivity index (χ0v) is 43.0. The van der Waals surface area contributed by atoms with E-state index in [0.29, 0.717) is 65.9 Å². The Bertz CT molecular complexity index is 2650. The van der Waals surface area contributed by atoms with Crippen LogP contribution in [0.15, 0.2) is 121 Å². The number of allylic oxidation sites excluding steroid dienone is 1. The van der Waals surface area contributed by atoms with Crippen LogP contribution in [-0.2, 0) is 34.0 Å². The van der Waals surface area contributed by atoms with Crippen LogP contribution in [0.5, 0.6) is 5.75 Å². The van der Waals surface area contributed by atoms with Gasteiger partial charge in [-0.3, -0.25) is 9.59 Å². The summed E-state index contributed by atoms with van der Waals surface area (Å²) in [4.78, 5) is 53.6. The average Bonchev–Trinajstić information content (AvgIpc) is 3.74. The highest BCUT2D eigenvalue weighted by Crippen LogP contribution is 2.69. The minimum absolute atomic E-state index is 0.00504. The fourth-order valence-corrected chi connectivity index (χ4v) is 13.6. The van der Waals surface area contributed by atoms with Crippen molar-refractivity contribution in [2.24, 2.45) is 46.3 Å². The summed E-state index contributed by atoms with van der Waals surface area (Å²) in [7, 11) is 1.44. The fraction of sp³-hybridized carbons (Fsp3) is 0.468. The molecule has 0 aromatic heterocycles. The Morgan fingerprint density at radius 1 is 0.750 bits per heavy atom. The van der Waals surface area contributed by atoms with E-state index in [-0.39, 0.29) is 63.7 Å². The van der Waals surface area contributed by atoms with Crippen molar-refractivity contribution in [1.82, 2.24) is 0 Å². The lowest BCUT2D eigenvalue weighted by Crippen LogP contribution is -2.59. The van der Waals surface area contributed by atoms with Crippen LogP contribution in [0, 0.1) is 57.7 Å². The molecule has 1 N–H and O–H groups in total. The topological polar surface area (TPSA) is 149 Å². The first-order valence-electron chi connectivity index (χ1n) is 25.9. The molecule has 0 radical (unpaired) electrons. The lowest BCUT2D eigenvalue weighted by molar-refractivity contribution is -0.199. The second-order valence-electron chi connectivity index (χ2n) is 22.5. The minimum Gasteiger partial charge on any atom is -0.507 e. The summed E-state index contributed by atoms with van der Waals surface area (Å²) in [5.74, 6) is 0.146. The summed E-state index contributed by atoms with van der Waals surface area (Å²) in [5, 5.41) is 21.3. The molecule has 10 nitrogen and oxygen atoms in total. The van der Waals surface area contributed by atoms with Crippen molar-refractivity contribution in [1.29, 1.82) is 5.26 Å². The number of aliphatic hydroxyl groups excluding tert-OH is 1. The third-order valence-electron chi connectivity index (χ3n) is 17.5. The molecule has 4 aliphatic carbocycles. The highest BCUT2D eigenvalue weighted by atomic mass is 16.6. The van der Waals surface area contributed by atoms with Gasteiger partial charge in [0.05, 0.1) is 7.11 Å². The Kier molecular flexibility index (Phi) is 15.6. The molecule has 0 amide bonds. The Hall–Kier alpha value is -6.47. The van der Waals surface area contributed by atoms with Gasteiger partial charge in [0.2, 0.25) is 0 Å². The largest absolute Gasteiger partial charge is 0.507 e. The van der Waals surface area contributed by atoms with Gasteiger partial charge < -0.3 is 24.1 Å². The molecule has 378 valence electrons. The first-order valence-corrected chi connectivity index (χ1v) is 25.9. The maximum Gasteiger partial charge on any atom is 0.349 e. The summed E-state index contributed by atoms with van der Waals surface area (Å²) >= 11 is 0. The van der Waals surface area contributed by atoms with E-state index in [1.54, 1.807) is 36.4 Å². The van der Waals surface area contributed by atoms with Gasteiger partial charge in [0, 0.05) is 35.1 Å². The molecule has 0 spiro atoms. The summed E-state index contributed by atoms with van der Waals surface area (Å²) in [6, 6.07) is 35.2. The van der Waals surface area contributed by atoms with Crippen molar-refractivity contribution in [2.45, 2.75) is 123 Å². The number of ketones is 1. The number of hydrogen-bond donors (Lipinski definition) is 1. The summed E-state index contributed by atoms with van der Waals surface area (Å²) in [6.07, 6.45) is 8.39. The van der Waals surface area contributed by atoms with E-state index in [9.17, 15) is 29.5 Å². The summed E-state index contributed by atoms with van der Waals surface area (Å²) in [5.41, 5.74) is 3.92. The van der Waals surface area contributed by atoms with Gasteiger partial charge in [-0.15, -0.1) is 0 Å². The number of rotatable bonds is 15. The van der Waals surface area contributed by atoms with E-state index in [0.717, 1.165) is 55.2 Å². The SMILES string of the molecule is COC(=O)CCC(C)C1CC[C@H]2[C@@H]3C(CCC12C)C1(C)CCC(OC(=O)C(C#N)=C(c2ccccc2)c2ccccc2)C[C@H]1C[C@@H]3OC(=O)COc1ccc(C(=O)/C=C(\O)c2ccc(C(C)(C)C)cc2)cc1. The number of ether oxygens (including phenoxy) is 4. The number of carbonyl (C=O) groups is 4. The zero-order chi connectivity index (χ0) is 51.4. The monoisotopic (exact) mass is 974 g/mol. The quantitative estimate of drug-likeness (QED) is 0.0305. The van der Waals surface area contributed by atoms with Crippen LogP contribution in [0.25, 0.3) is 11.3 Å². The highest BCUT2D eigenvalue weighted by molar-refractivity contribution is 6.08. The smallest absolute Gasteiger partial charge is 0.349 e. The van der Waals surface area contributed by atoms with Crippen molar-refractivity contribution in [3.63, 3.8) is 0 Å².